The van der Waals surface area contributed by atoms with E-state index in [1.165, 1.54) is 10.9 Å². The van der Waals surface area contributed by atoms with Crippen LogP contribution in [0.2, 0.25) is 0 Å². The first-order valence-electron chi connectivity index (χ1n) is 5.24. The quantitative estimate of drug-likeness (QED) is 0.889. The first-order valence-corrected chi connectivity index (χ1v) is 5.24. The summed E-state index contributed by atoms with van der Waals surface area (Å²) in [5.74, 6) is -3.07. The van der Waals surface area contributed by atoms with Crippen LogP contribution in [0, 0.1) is 6.92 Å². The van der Waals surface area contributed by atoms with Gasteiger partial charge < -0.3 is 5.73 Å². The summed E-state index contributed by atoms with van der Waals surface area (Å²) in [4.78, 5) is 0. The van der Waals surface area contributed by atoms with Crippen molar-refractivity contribution in [2.45, 2.75) is 12.8 Å². The van der Waals surface area contributed by atoms with Crippen molar-refractivity contribution < 1.29 is 8.78 Å². The molecule has 3 nitrogen and oxygen atoms in total. The third kappa shape index (κ3) is 2.06. The summed E-state index contributed by atoms with van der Waals surface area (Å²) >= 11 is 0. The van der Waals surface area contributed by atoms with Gasteiger partial charge in [-0.05, 0) is 24.6 Å². The van der Waals surface area contributed by atoms with E-state index < -0.39 is 12.5 Å². The van der Waals surface area contributed by atoms with Crippen LogP contribution in [-0.4, -0.2) is 16.3 Å². The molecule has 0 spiro atoms. The van der Waals surface area contributed by atoms with Crippen molar-refractivity contribution >= 4 is 0 Å². The number of aryl methyl sites for hydroxylation is 1. The van der Waals surface area contributed by atoms with E-state index in [0.717, 1.165) is 0 Å². The SMILES string of the molecule is Cc1cnn(-c2ccccc2)c1C(F)(F)CN. The number of nitrogens with zero attached hydrogens (tertiary/aromatic N) is 2. The lowest BCUT2D eigenvalue weighted by atomic mass is 10.1. The van der Waals surface area contributed by atoms with Crippen molar-refractivity contribution in [1.82, 2.24) is 9.78 Å². The van der Waals surface area contributed by atoms with Crippen LogP contribution >= 0.6 is 0 Å². The lowest BCUT2D eigenvalue weighted by Gasteiger charge is -2.17. The lowest BCUT2D eigenvalue weighted by Crippen LogP contribution is -2.28. The third-order valence-electron chi connectivity index (χ3n) is 2.56. The van der Waals surface area contributed by atoms with Gasteiger partial charge in [0.25, 0.3) is 0 Å². The molecular formula is C12H13F2N3. The summed E-state index contributed by atoms with van der Waals surface area (Å²) in [5, 5.41) is 3.98. The zero-order valence-electron chi connectivity index (χ0n) is 9.40. The lowest BCUT2D eigenvalue weighted by molar-refractivity contribution is -0.00165. The molecule has 0 saturated carbocycles. The number of aromatic nitrogens is 2. The highest BCUT2D eigenvalue weighted by Gasteiger charge is 2.35. The number of nitrogens with two attached hydrogens (primary N) is 1. The predicted octanol–water partition coefficient (Wildman–Crippen LogP) is 2.23. The van der Waals surface area contributed by atoms with Gasteiger partial charge in [0, 0.05) is 0 Å². The van der Waals surface area contributed by atoms with Crippen LogP contribution in [0.25, 0.3) is 5.69 Å². The Labute approximate surface area is 97.9 Å². The molecule has 0 unspecified atom stereocenters. The van der Waals surface area contributed by atoms with Crippen LogP contribution in [0.15, 0.2) is 36.5 Å². The van der Waals surface area contributed by atoms with E-state index >= 15 is 0 Å². The largest absolute Gasteiger partial charge is 0.325 e. The molecule has 90 valence electrons. The standard InChI is InChI=1S/C12H13F2N3/c1-9-7-16-17(10-5-3-2-4-6-10)11(9)12(13,14)8-15/h2-7H,8,15H2,1H3. The van der Waals surface area contributed by atoms with Gasteiger partial charge in [-0.1, -0.05) is 18.2 Å². The molecule has 1 aromatic heterocycles. The number of halogens is 2. The second kappa shape index (κ2) is 4.25. The summed E-state index contributed by atoms with van der Waals surface area (Å²) in [6.07, 6.45) is 1.42. The van der Waals surface area contributed by atoms with E-state index in [9.17, 15) is 8.78 Å². The Hall–Kier alpha value is -1.75. The summed E-state index contributed by atoms with van der Waals surface area (Å²) in [5.41, 5.74) is 6.01. The highest BCUT2D eigenvalue weighted by Crippen LogP contribution is 2.30. The van der Waals surface area contributed by atoms with Gasteiger partial charge in [-0.25, -0.2) is 4.68 Å². The van der Waals surface area contributed by atoms with E-state index in [1.807, 2.05) is 6.07 Å². The molecule has 2 rings (SSSR count). The molecule has 0 fully saturated rings. The van der Waals surface area contributed by atoms with Crippen LogP contribution < -0.4 is 5.73 Å². The summed E-state index contributed by atoms with van der Waals surface area (Å²) in [6.45, 7) is 0.873. The van der Waals surface area contributed by atoms with Crippen molar-refractivity contribution in [3.05, 3.63) is 47.8 Å². The Kier molecular flexibility index (Phi) is 2.93. The van der Waals surface area contributed by atoms with E-state index in [-0.39, 0.29) is 5.69 Å². The van der Waals surface area contributed by atoms with E-state index in [4.69, 9.17) is 5.73 Å². The van der Waals surface area contributed by atoms with Crippen molar-refractivity contribution in [1.29, 1.82) is 0 Å². The molecule has 2 N–H and O–H groups in total. The number of para-hydroxylation sites is 1. The molecule has 1 aromatic carbocycles. The minimum Gasteiger partial charge on any atom is -0.325 e. The molecular weight excluding hydrogens is 224 g/mol. The van der Waals surface area contributed by atoms with Gasteiger partial charge in [-0.15, -0.1) is 0 Å². The van der Waals surface area contributed by atoms with Crippen LogP contribution in [-0.2, 0) is 5.92 Å². The topological polar surface area (TPSA) is 43.8 Å². The summed E-state index contributed by atoms with van der Waals surface area (Å²) in [6, 6.07) is 8.82. The van der Waals surface area contributed by atoms with Crippen molar-refractivity contribution in [2.24, 2.45) is 5.73 Å². The monoisotopic (exact) mass is 237 g/mol. The molecule has 0 amide bonds. The Bertz CT molecular complexity index is 506. The normalized spacial score (nSPS) is 11.8. The molecule has 5 heteroatoms. The molecule has 2 aromatic rings. The van der Waals surface area contributed by atoms with Gasteiger partial charge in [0.05, 0.1) is 18.4 Å². The first kappa shape index (κ1) is 11.7. The molecule has 0 aliphatic carbocycles. The molecule has 17 heavy (non-hydrogen) atoms. The van der Waals surface area contributed by atoms with E-state index in [1.54, 1.807) is 31.2 Å². The molecule has 0 bridgehead atoms. The zero-order valence-corrected chi connectivity index (χ0v) is 9.40. The Morgan fingerprint density at radius 3 is 2.53 bits per heavy atom. The number of benzene rings is 1. The minimum atomic E-state index is -3.07. The molecule has 0 aliphatic heterocycles. The maximum Gasteiger partial charge on any atom is 0.302 e. The Morgan fingerprint density at radius 1 is 1.29 bits per heavy atom. The second-order valence-electron chi connectivity index (χ2n) is 3.83. The van der Waals surface area contributed by atoms with Crippen LogP contribution in [0.5, 0.6) is 0 Å². The minimum absolute atomic E-state index is 0.147. The molecule has 0 saturated heterocycles. The maximum absolute atomic E-state index is 13.7. The van der Waals surface area contributed by atoms with Crippen LogP contribution in [0.3, 0.4) is 0 Å². The fourth-order valence-corrected chi connectivity index (χ4v) is 1.74. The Morgan fingerprint density at radius 2 is 1.94 bits per heavy atom. The Balaban J connectivity index is 2.58. The van der Waals surface area contributed by atoms with E-state index in [2.05, 4.69) is 5.10 Å². The van der Waals surface area contributed by atoms with Crippen molar-refractivity contribution in [2.75, 3.05) is 6.54 Å². The van der Waals surface area contributed by atoms with Crippen LogP contribution in [0.1, 0.15) is 11.3 Å². The molecule has 0 atom stereocenters. The predicted molar refractivity (Wildman–Crippen MR) is 61.2 cm³/mol. The first-order chi connectivity index (χ1) is 8.06. The van der Waals surface area contributed by atoms with Gasteiger partial charge in [-0.2, -0.15) is 13.9 Å². The van der Waals surface area contributed by atoms with Crippen molar-refractivity contribution in [3.63, 3.8) is 0 Å². The van der Waals surface area contributed by atoms with Gasteiger partial charge in [-0.3, -0.25) is 0 Å². The highest BCUT2D eigenvalue weighted by atomic mass is 19.3. The molecule has 0 radical (unpaired) electrons. The fraction of sp³-hybridized carbons (Fsp3) is 0.250. The van der Waals surface area contributed by atoms with Crippen molar-refractivity contribution in [3.8, 4) is 5.69 Å². The van der Waals surface area contributed by atoms with Gasteiger partial charge in [0.2, 0.25) is 0 Å². The number of alkyl halides is 2. The molecule has 0 aliphatic rings. The summed E-state index contributed by atoms with van der Waals surface area (Å²) < 4.78 is 28.7. The second-order valence-corrected chi connectivity index (χ2v) is 3.83. The fourth-order valence-electron chi connectivity index (χ4n) is 1.74. The highest BCUT2D eigenvalue weighted by molar-refractivity contribution is 5.36. The number of hydrogen-bond acceptors (Lipinski definition) is 2. The molecule has 1 heterocycles. The number of hydrogen-bond donors (Lipinski definition) is 1. The third-order valence-corrected chi connectivity index (χ3v) is 2.56. The van der Waals surface area contributed by atoms with Gasteiger partial charge in [0.1, 0.15) is 5.69 Å². The maximum atomic E-state index is 13.7. The average Bonchev–Trinajstić information content (AvgIpc) is 2.73. The summed E-state index contributed by atoms with van der Waals surface area (Å²) in [7, 11) is 0. The van der Waals surface area contributed by atoms with Gasteiger partial charge in [0.15, 0.2) is 0 Å². The van der Waals surface area contributed by atoms with Gasteiger partial charge >= 0.3 is 5.92 Å². The van der Waals surface area contributed by atoms with E-state index in [0.29, 0.717) is 11.3 Å². The average molecular weight is 237 g/mol. The smallest absolute Gasteiger partial charge is 0.302 e. The van der Waals surface area contributed by atoms with Crippen LogP contribution in [0.4, 0.5) is 8.78 Å². The zero-order chi connectivity index (χ0) is 12.5. The number of rotatable bonds is 3.